The van der Waals surface area contributed by atoms with Gasteiger partial charge in [0, 0.05) is 18.3 Å². The van der Waals surface area contributed by atoms with Crippen LogP contribution in [0, 0.1) is 47.3 Å². The minimum absolute atomic E-state index is 0. The van der Waals surface area contributed by atoms with Gasteiger partial charge in [-0.1, -0.05) is 76.7 Å². The lowest BCUT2D eigenvalue weighted by Gasteiger charge is -2.22. The Balaban J connectivity index is 0.000000710. The summed E-state index contributed by atoms with van der Waals surface area (Å²) in [4.78, 5) is 0. The topological polar surface area (TPSA) is 208 Å². The molecule has 356 valence electrons. The van der Waals surface area contributed by atoms with Gasteiger partial charge in [-0.3, -0.25) is 0 Å². The maximum Gasteiger partial charge on any atom is 0.109 e. The van der Waals surface area contributed by atoms with Gasteiger partial charge in [0.25, 0.3) is 0 Å². The molecule has 5 aliphatic rings. The van der Waals surface area contributed by atoms with Crippen LogP contribution in [0.1, 0.15) is 137 Å². The van der Waals surface area contributed by atoms with Crippen LogP contribution < -0.4 is 0 Å². The van der Waals surface area contributed by atoms with Crippen LogP contribution in [0.15, 0.2) is 0 Å². The number of ether oxygens (including phenoxy) is 5. The molecule has 0 aromatic rings. The SMILES string of the molecule is C.CC(C)C1C[C@H](C)O[C@@H]1CO.CC(C)C1[C@@H](CO)O[C@@H](C)[C@H]1O.CC(C)C[C@H]1O[C@@H](C)CC1O.CC(C)C[C@H]1O[C@@H](C)[C@@H](O)C1O.CC(C)[C@H]1C(O)[C@@H](CO)O[C@H]1C. The highest BCUT2D eigenvalue weighted by molar-refractivity contribution is 4.91. The predicted molar refractivity (Wildman–Crippen MR) is 233 cm³/mol. The molecule has 0 aliphatic carbocycles. The van der Waals surface area contributed by atoms with Gasteiger partial charge in [-0.15, -0.1) is 0 Å². The number of hydrogen-bond donors (Lipinski definition) is 8. The summed E-state index contributed by atoms with van der Waals surface area (Å²) in [6.07, 6.45) is 0.779. The third-order valence-electron chi connectivity index (χ3n) is 12.2. The lowest BCUT2D eigenvalue weighted by molar-refractivity contribution is -0.0171. The molecular formula is C46H94O13. The second-order valence-electron chi connectivity index (χ2n) is 19.5. The van der Waals surface area contributed by atoms with Crippen molar-refractivity contribution in [3.63, 3.8) is 0 Å². The molecule has 5 saturated heterocycles. The molecular weight excluding hydrogens is 760 g/mol. The Morgan fingerprint density at radius 2 is 0.847 bits per heavy atom. The van der Waals surface area contributed by atoms with Crippen LogP contribution in [0.2, 0.25) is 0 Å². The van der Waals surface area contributed by atoms with Gasteiger partial charge in [0.15, 0.2) is 0 Å². The molecule has 5 aliphatic heterocycles. The summed E-state index contributed by atoms with van der Waals surface area (Å²) in [5.41, 5.74) is 0. The molecule has 8 N–H and O–H groups in total. The normalized spacial score (nSPS) is 40.3. The Morgan fingerprint density at radius 1 is 0.424 bits per heavy atom. The highest BCUT2D eigenvalue weighted by Gasteiger charge is 2.43. The minimum Gasteiger partial charge on any atom is -0.394 e. The van der Waals surface area contributed by atoms with E-state index in [1.54, 1.807) is 6.92 Å². The van der Waals surface area contributed by atoms with Gasteiger partial charge in [0.1, 0.15) is 18.3 Å². The third kappa shape index (κ3) is 18.6. The summed E-state index contributed by atoms with van der Waals surface area (Å²) in [7, 11) is 0. The summed E-state index contributed by atoms with van der Waals surface area (Å²) in [6, 6.07) is 0. The molecule has 5 fully saturated rings. The van der Waals surface area contributed by atoms with Gasteiger partial charge in [0.2, 0.25) is 0 Å². The standard InChI is InChI=1S/3C9H18O3.2C9H18O2.CH4/c1-5(2)8-7(4-10)12-6(3)9(8)11;1-5(2)8-6(3)12-7(4-10)9(8)11;1-5(2)4-7-9(11)8(10)6(3)12-7;1-6(2)8-4-7(3)11-9(8)5-10;1-6(2)4-9-8(10)5-7(3)11-9;/h3*5-11H,4H2,1-3H3;2*6-10H,4-5H2,1-3H3;1H4/t6-,7+,8?,9+;2*6-,7+,8+,9?;2*7-,8?,9+;/m00000./s1. The monoisotopic (exact) mass is 855 g/mol. The summed E-state index contributed by atoms with van der Waals surface area (Å²) in [5.74, 6) is 3.25. The first-order valence-corrected chi connectivity index (χ1v) is 22.4. The summed E-state index contributed by atoms with van der Waals surface area (Å²) < 4.78 is 27.3. The lowest BCUT2D eigenvalue weighted by Crippen LogP contribution is -2.32. The van der Waals surface area contributed by atoms with Crippen molar-refractivity contribution >= 4 is 0 Å². The van der Waals surface area contributed by atoms with Crippen LogP contribution in [0.5, 0.6) is 0 Å². The van der Waals surface area contributed by atoms with Gasteiger partial charge >= 0.3 is 0 Å². The second-order valence-corrected chi connectivity index (χ2v) is 19.5. The van der Waals surface area contributed by atoms with E-state index in [2.05, 4.69) is 62.3 Å². The van der Waals surface area contributed by atoms with E-state index in [4.69, 9.17) is 39.0 Å². The molecule has 13 nitrogen and oxygen atoms in total. The maximum absolute atomic E-state index is 9.70. The Labute approximate surface area is 359 Å². The van der Waals surface area contributed by atoms with E-state index in [-0.39, 0.29) is 100 Å². The molecule has 0 saturated carbocycles. The quantitative estimate of drug-likeness (QED) is 0.146. The van der Waals surface area contributed by atoms with Crippen LogP contribution in [0.3, 0.4) is 0 Å². The first kappa shape index (κ1) is 58.5. The number of rotatable bonds is 10. The molecule has 0 amide bonds. The van der Waals surface area contributed by atoms with Gasteiger partial charge in [-0.2, -0.15) is 0 Å². The van der Waals surface area contributed by atoms with Gasteiger partial charge < -0.3 is 64.5 Å². The molecule has 0 spiro atoms. The molecule has 5 rings (SSSR count). The molecule has 0 bridgehead atoms. The maximum atomic E-state index is 9.70. The van der Waals surface area contributed by atoms with Crippen molar-refractivity contribution < 1.29 is 64.5 Å². The predicted octanol–water partition coefficient (Wildman–Crippen LogP) is 4.98. The molecule has 0 aromatic heterocycles. The van der Waals surface area contributed by atoms with Crippen molar-refractivity contribution in [2.24, 2.45) is 47.3 Å². The fourth-order valence-corrected chi connectivity index (χ4v) is 9.11. The lowest BCUT2D eigenvalue weighted by atomic mass is 9.86. The molecule has 0 aromatic carbocycles. The average Bonchev–Trinajstić information content (AvgIpc) is 3.89. The molecule has 18 atom stereocenters. The van der Waals surface area contributed by atoms with Crippen molar-refractivity contribution in [3.05, 3.63) is 0 Å². The third-order valence-corrected chi connectivity index (χ3v) is 12.2. The van der Waals surface area contributed by atoms with Crippen LogP contribution in [0.25, 0.3) is 0 Å². The van der Waals surface area contributed by atoms with E-state index in [0.29, 0.717) is 41.6 Å². The van der Waals surface area contributed by atoms with Crippen LogP contribution in [0.4, 0.5) is 0 Å². The fourth-order valence-electron chi connectivity index (χ4n) is 9.11. The van der Waals surface area contributed by atoms with Gasteiger partial charge in [-0.05, 0) is 89.4 Å². The number of hydrogen-bond acceptors (Lipinski definition) is 13. The first-order chi connectivity index (χ1) is 26.9. The Hall–Kier alpha value is -0.520. The Bertz CT molecular complexity index is 1060. The average molecular weight is 855 g/mol. The van der Waals surface area contributed by atoms with Crippen molar-refractivity contribution in [1.82, 2.24) is 0 Å². The van der Waals surface area contributed by atoms with E-state index >= 15 is 0 Å². The molecule has 59 heavy (non-hydrogen) atoms. The Kier molecular flexibility index (Phi) is 28.1. The number of aliphatic hydroxyl groups excluding tert-OH is 8. The fraction of sp³-hybridized carbons (Fsp3) is 1.00. The largest absolute Gasteiger partial charge is 0.394 e. The van der Waals surface area contributed by atoms with E-state index in [1.165, 1.54) is 0 Å². The second kappa shape index (κ2) is 28.3. The van der Waals surface area contributed by atoms with E-state index in [1.807, 2.05) is 34.6 Å². The van der Waals surface area contributed by atoms with Crippen molar-refractivity contribution in [2.45, 2.75) is 229 Å². The van der Waals surface area contributed by atoms with Gasteiger partial charge in [-0.25, -0.2) is 0 Å². The molecule has 0 radical (unpaired) electrons. The first-order valence-electron chi connectivity index (χ1n) is 22.4. The number of aliphatic hydroxyl groups is 8. The molecule has 5 unspecified atom stereocenters. The van der Waals surface area contributed by atoms with E-state index in [9.17, 15) is 25.5 Å². The zero-order valence-electron chi connectivity index (χ0n) is 38.8. The van der Waals surface area contributed by atoms with Gasteiger partial charge in [0.05, 0.1) is 93.1 Å². The van der Waals surface area contributed by atoms with Crippen LogP contribution in [-0.2, 0) is 23.7 Å². The van der Waals surface area contributed by atoms with E-state index in [0.717, 1.165) is 25.7 Å². The highest BCUT2D eigenvalue weighted by atomic mass is 16.5. The van der Waals surface area contributed by atoms with Crippen LogP contribution >= 0.6 is 0 Å². The zero-order chi connectivity index (χ0) is 44.8. The molecule has 13 heteroatoms. The summed E-state index contributed by atoms with van der Waals surface area (Å²) in [5, 5.41) is 74.6. The zero-order valence-corrected chi connectivity index (χ0v) is 38.8. The Morgan fingerprint density at radius 3 is 1.17 bits per heavy atom. The van der Waals surface area contributed by atoms with Crippen molar-refractivity contribution in [3.8, 4) is 0 Å². The smallest absolute Gasteiger partial charge is 0.109 e. The van der Waals surface area contributed by atoms with Crippen molar-refractivity contribution in [1.29, 1.82) is 0 Å². The summed E-state index contributed by atoms with van der Waals surface area (Å²) >= 11 is 0. The minimum atomic E-state index is -0.714. The van der Waals surface area contributed by atoms with E-state index < -0.39 is 24.4 Å². The summed E-state index contributed by atoms with van der Waals surface area (Å²) in [6.45, 7) is 30.8. The van der Waals surface area contributed by atoms with Crippen molar-refractivity contribution in [2.75, 3.05) is 19.8 Å². The molecule has 5 heterocycles. The van der Waals surface area contributed by atoms with Crippen LogP contribution in [-0.4, -0.2) is 152 Å². The highest BCUT2D eigenvalue weighted by Crippen LogP contribution is 2.34.